The summed E-state index contributed by atoms with van der Waals surface area (Å²) in [6, 6.07) is 13.1. The smallest absolute Gasteiger partial charge is 0.303 e. The fourth-order valence-corrected chi connectivity index (χ4v) is 5.53. The Morgan fingerprint density at radius 3 is 2.04 bits per heavy atom. The molecular formula is C34H39NO11. The number of hydrogen-bond donors (Lipinski definition) is 1. The number of carbonyl (C=O) groups excluding carboxylic acids is 4. The number of hydrogen-bond acceptors (Lipinski definition) is 12. The lowest BCUT2D eigenvalue weighted by atomic mass is 9.85. The molecule has 2 fully saturated rings. The van der Waals surface area contributed by atoms with Crippen LogP contribution in [0.4, 0.5) is 0 Å². The van der Waals surface area contributed by atoms with Crippen molar-refractivity contribution in [1.29, 1.82) is 5.26 Å². The molecule has 1 heterocycles. The van der Waals surface area contributed by atoms with Crippen molar-refractivity contribution in [3.63, 3.8) is 0 Å². The molecule has 1 N–H and O–H groups in total. The Balaban J connectivity index is 1.91. The Kier molecular flexibility index (Phi) is 11.0. The van der Waals surface area contributed by atoms with Crippen LogP contribution in [0, 0.1) is 11.3 Å². The van der Waals surface area contributed by atoms with Gasteiger partial charge in [0.15, 0.2) is 12.2 Å². The molecule has 5 atom stereocenters. The fourth-order valence-electron chi connectivity index (χ4n) is 5.53. The van der Waals surface area contributed by atoms with E-state index in [0.717, 1.165) is 64.5 Å². The fraction of sp³-hybridized carbons (Fsp3) is 0.500. The molecular weight excluding hydrogens is 598 g/mol. The van der Waals surface area contributed by atoms with Gasteiger partial charge in [-0.05, 0) is 60.9 Å². The summed E-state index contributed by atoms with van der Waals surface area (Å²) in [6.45, 7) is 5.99. The highest BCUT2D eigenvalue weighted by Gasteiger charge is 2.60. The minimum Gasteiger partial charge on any atom is -0.489 e. The normalized spacial score (nSPS) is 24.1. The minimum absolute atomic E-state index is 0.0125. The average molecular weight is 638 g/mol. The van der Waals surface area contributed by atoms with Crippen LogP contribution in [0.1, 0.15) is 81.7 Å². The van der Waals surface area contributed by atoms with E-state index in [4.69, 9.17) is 28.4 Å². The summed E-state index contributed by atoms with van der Waals surface area (Å²) < 4.78 is 34.1. The van der Waals surface area contributed by atoms with Crippen molar-refractivity contribution in [2.24, 2.45) is 0 Å². The Hall–Kier alpha value is -4.47. The molecule has 1 aliphatic carbocycles. The van der Waals surface area contributed by atoms with Crippen LogP contribution in [-0.4, -0.2) is 66.1 Å². The Bertz CT molecular complexity index is 1490. The summed E-state index contributed by atoms with van der Waals surface area (Å²) in [7, 11) is 0. The lowest BCUT2D eigenvalue weighted by Gasteiger charge is -2.48. The van der Waals surface area contributed by atoms with E-state index in [0.29, 0.717) is 5.56 Å². The van der Waals surface area contributed by atoms with E-state index in [1.807, 2.05) is 31.2 Å². The molecule has 1 aliphatic heterocycles. The molecule has 2 aliphatic rings. The Labute approximate surface area is 267 Å². The number of ether oxygens (including phenoxy) is 6. The quantitative estimate of drug-likeness (QED) is 0.282. The van der Waals surface area contributed by atoms with E-state index in [9.17, 15) is 29.5 Å². The van der Waals surface area contributed by atoms with Crippen molar-refractivity contribution in [2.45, 2.75) is 103 Å². The zero-order valence-corrected chi connectivity index (χ0v) is 26.6. The maximum Gasteiger partial charge on any atom is 0.303 e. The number of carbonyl (C=O) groups is 4. The standard InChI is InChI=1S/C34H39NO11/c1-6-23-10-12-24(13-11-23)14-25-15-26(16-29(28(25)17-35)45-27-8-7-9-27)34(40)33(44-22(5)39)32(43-21(4)38)31(42-20(3)37)30(46-34)18-41-19(2)36/h10-13,15-16,27,30-33,40H,6-9,14,18H2,1-5H3/t30-,31-,32+,33-,34+/m1/s1. The minimum atomic E-state index is -2.57. The molecule has 246 valence electrons. The second kappa shape index (κ2) is 14.7. The second-order valence-corrected chi connectivity index (χ2v) is 11.5. The highest BCUT2D eigenvalue weighted by molar-refractivity contribution is 5.69. The third-order valence-electron chi connectivity index (χ3n) is 7.93. The van der Waals surface area contributed by atoms with Crippen LogP contribution < -0.4 is 4.74 Å². The second-order valence-electron chi connectivity index (χ2n) is 11.5. The van der Waals surface area contributed by atoms with Crippen LogP contribution in [0.15, 0.2) is 36.4 Å². The number of nitrogens with zero attached hydrogens (tertiary/aromatic N) is 1. The molecule has 4 rings (SSSR count). The number of rotatable bonds is 11. The summed E-state index contributed by atoms with van der Waals surface area (Å²) in [5.41, 5.74) is 2.77. The van der Waals surface area contributed by atoms with Gasteiger partial charge in [-0.2, -0.15) is 5.26 Å². The Morgan fingerprint density at radius 1 is 0.913 bits per heavy atom. The van der Waals surface area contributed by atoms with Gasteiger partial charge in [-0.25, -0.2) is 0 Å². The van der Waals surface area contributed by atoms with Crippen molar-refractivity contribution in [3.8, 4) is 11.8 Å². The van der Waals surface area contributed by atoms with Gasteiger partial charge in [0.05, 0.1) is 11.7 Å². The maximum absolute atomic E-state index is 12.5. The van der Waals surface area contributed by atoms with E-state index >= 15 is 0 Å². The van der Waals surface area contributed by atoms with E-state index in [2.05, 4.69) is 6.07 Å². The van der Waals surface area contributed by atoms with E-state index < -0.39 is 60.7 Å². The van der Waals surface area contributed by atoms with Crippen LogP contribution in [0.3, 0.4) is 0 Å². The molecule has 12 nitrogen and oxygen atoms in total. The predicted octanol–water partition coefficient (Wildman–Crippen LogP) is 3.54. The molecule has 1 saturated carbocycles. The molecule has 0 spiro atoms. The largest absolute Gasteiger partial charge is 0.489 e. The number of aliphatic hydroxyl groups is 1. The zero-order chi connectivity index (χ0) is 33.6. The monoisotopic (exact) mass is 637 g/mol. The van der Waals surface area contributed by atoms with Gasteiger partial charge in [-0.1, -0.05) is 31.2 Å². The molecule has 2 aromatic carbocycles. The molecule has 46 heavy (non-hydrogen) atoms. The summed E-state index contributed by atoms with van der Waals surface area (Å²) in [6.07, 6.45) is -2.70. The average Bonchev–Trinajstić information content (AvgIpc) is 2.97. The van der Waals surface area contributed by atoms with Crippen molar-refractivity contribution in [3.05, 3.63) is 64.2 Å². The number of nitriles is 1. The third-order valence-corrected chi connectivity index (χ3v) is 7.93. The van der Waals surface area contributed by atoms with Crippen LogP contribution in [0.5, 0.6) is 5.75 Å². The zero-order valence-electron chi connectivity index (χ0n) is 26.6. The van der Waals surface area contributed by atoms with Crippen LogP contribution in [0.2, 0.25) is 0 Å². The first-order valence-electron chi connectivity index (χ1n) is 15.2. The summed E-state index contributed by atoms with van der Waals surface area (Å²) in [4.78, 5) is 48.7. The van der Waals surface area contributed by atoms with Crippen molar-refractivity contribution < 1.29 is 52.7 Å². The van der Waals surface area contributed by atoms with Gasteiger partial charge in [-0.3, -0.25) is 19.2 Å². The van der Waals surface area contributed by atoms with Gasteiger partial charge in [0, 0.05) is 33.3 Å². The van der Waals surface area contributed by atoms with Gasteiger partial charge in [0.2, 0.25) is 11.9 Å². The first-order chi connectivity index (χ1) is 21.8. The van der Waals surface area contributed by atoms with Crippen molar-refractivity contribution >= 4 is 23.9 Å². The van der Waals surface area contributed by atoms with Crippen molar-refractivity contribution in [2.75, 3.05) is 6.61 Å². The van der Waals surface area contributed by atoms with Crippen LogP contribution >= 0.6 is 0 Å². The maximum atomic E-state index is 12.5. The summed E-state index contributed by atoms with van der Waals surface area (Å²) in [5.74, 6) is -5.56. The third kappa shape index (κ3) is 8.02. The van der Waals surface area contributed by atoms with Gasteiger partial charge in [-0.15, -0.1) is 0 Å². The van der Waals surface area contributed by atoms with E-state index in [1.54, 1.807) is 0 Å². The Morgan fingerprint density at radius 2 is 1.52 bits per heavy atom. The number of esters is 4. The highest BCUT2D eigenvalue weighted by Crippen LogP contribution is 2.43. The molecule has 1 saturated heterocycles. The van der Waals surface area contributed by atoms with Crippen LogP contribution in [0.25, 0.3) is 0 Å². The summed E-state index contributed by atoms with van der Waals surface area (Å²) >= 11 is 0. The molecule has 12 heteroatoms. The van der Waals surface area contributed by atoms with Gasteiger partial charge >= 0.3 is 23.9 Å². The highest BCUT2D eigenvalue weighted by atomic mass is 16.7. The van der Waals surface area contributed by atoms with Crippen LogP contribution in [-0.2, 0) is 61.5 Å². The van der Waals surface area contributed by atoms with Crippen molar-refractivity contribution in [1.82, 2.24) is 0 Å². The summed E-state index contributed by atoms with van der Waals surface area (Å²) in [5, 5.41) is 22.7. The number of benzene rings is 2. The molecule has 0 radical (unpaired) electrons. The van der Waals surface area contributed by atoms with E-state index in [1.165, 1.54) is 12.1 Å². The lowest BCUT2D eigenvalue weighted by molar-refractivity contribution is -0.360. The van der Waals surface area contributed by atoms with Gasteiger partial charge < -0.3 is 33.5 Å². The first-order valence-corrected chi connectivity index (χ1v) is 15.2. The molecule has 0 aromatic heterocycles. The topological polar surface area (TPSA) is 168 Å². The molecule has 0 amide bonds. The number of aryl methyl sites for hydroxylation is 1. The van der Waals surface area contributed by atoms with Gasteiger partial charge in [0.25, 0.3) is 0 Å². The molecule has 0 bridgehead atoms. The lowest BCUT2D eigenvalue weighted by Crippen LogP contribution is -2.66. The molecule has 2 aromatic rings. The van der Waals surface area contributed by atoms with E-state index in [-0.39, 0.29) is 29.4 Å². The van der Waals surface area contributed by atoms with Gasteiger partial charge in [0.1, 0.15) is 24.5 Å². The predicted molar refractivity (Wildman–Crippen MR) is 160 cm³/mol. The molecule has 0 unspecified atom stereocenters. The first kappa shape index (κ1) is 34.4. The SMILES string of the molecule is CCc1ccc(Cc2cc([C@]3(O)O[C@H](COC(C)=O)[C@@H](OC(C)=O)[C@H](OC(C)=O)[C@H]3OC(C)=O)cc(OC3CCC3)c2C#N)cc1.